The van der Waals surface area contributed by atoms with Crippen molar-refractivity contribution < 1.29 is 98.1 Å². The summed E-state index contributed by atoms with van der Waals surface area (Å²) in [7, 11) is 0. The summed E-state index contributed by atoms with van der Waals surface area (Å²) < 4.78 is 30.1. The molecular formula is C53H93N7O20. The van der Waals surface area contributed by atoms with Gasteiger partial charge in [0.05, 0.1) is 31.0 Å². The van der Waals surface area contributed by atoms with Crippen LogP contribution in [0, 0.1) is 5.41 Å². The van der Waals surface area contributed by atoms with Gasteiger partial charge in [-0.05, 0) is 84.1 Å². The molecule has 6 amide bonds. The van der Waals surface area contributed by atoms with Crippen molar-refractivity contribution in [3.8, 4) is 0 Å². The summed E-state index contributed by atoms with van der Waals surface area (Å²) in [6.07, 6.45) is -9.49. The lowest BCUT2D eigenvalue weighted by Crippen LogP contribution is -2.75. The van der Waals surface area contributed by atoms with Gasteiger partial charge < -0.3 is 65.4 Å². The van der Waals surface area contributed by atoms with E-state index in [0.717, 1.165) is 6.92 Å². The molecule has 0 bridgehead atoms. The van der Waals surface area contributed by atoms with Gasteiger partial charge in [0.15, 0.2) is 12.1 Å². The van der Waals surface area contributed by atoms with Gasteiger partial charge in [-0.1, -0.05) is 40.7 Å². The van der Waals surface area contributed by atoms with Gasteiger partial charge in [-0.15, -0.1) is 0 Å². The lowest BCUT2D eigenvalue weighted by Gasteiger charge is -2.53. The third kappa shape index (κ3) is 24.4. The molecular weight excluding hydrogens is 1050 g/mol. The van der Waals surface area contributed by atoms with E-state index in [4.69, 9.17) is 23.7 Å². The van der Waals surface area contributed by atoms with Crippen molar-refractivity contribution in [3.63, 3.8) is 0 Å². The van der Waals surface area contributed by atoms with Gasteiger partial charge in [0.25, 0.3) is 0 Å². The molecule has 80 heavy (non-hydrogen) atoms. The van der Waals surface area contributed by atoms with E-state index in [1.807, 2.05) is 0 Å². The van der Waals surface area contributed by atoms with E-state index in [-0.39, 0.29) is 89.5 Å². The van der Waals surface area contributed by atoms with E-state index in [2.05, 4.69) is 27.8 Å². The highest BCUT2D eigenvalue weighted by atomic mass is 16.7. The van der Waals surface area contributed by atoms with Crippen molar-refractivity contribution in [2.45, 2.75) is 219 Å². The fourth-order valence-electron chi connectivity index (χ4n) is 8.57. The van der Waals surface area contributed by atoms with Crippen LogP contribution in [-0.2, 0) is 62.0 Å². The number of aliphatic hydroxyl groups excluding tert-OH is 3. The first-order chi connectivity index (χ1) is 37.4. The van der Waals surface area contributed by atoms with Gasteiger partial charge in [0.2, 0.25) is 41.2 Å². The number of aliphatic hydroxyl groups is 4. The van der Waals surface area contributed by atoms with Crippen LogP contribution in [0.5, 0.6) is 0 Å². The first-order valence-electron chi connectivity index (χ1n) is 27.6. The Morgan fingerprint density at radius 1 is 0.688 bits per heavy atom. The van der Waals surface area contributed by atoms with Crippen LogP contribution in [0.2, 0.25) is 0 Å². The first-order valence-corrected chi connectivity index (χ1v) is 27.6. The first kappa shape index (κ1) is 71.3. The number of nitrogens with one attached hydrogen (secondary N) is 4. The average molecular weight is 1150 g/mol. The monoisotopic (exact) mass is 1150 g/mol. The van der Waals surface area contributed by atoms with Crippen LogP contribution < -0.4 is 21.3 Å². The molecule has 27 nitrogen and oxygen atoms in total. The maximum absolute atomic E-state index is 14.1. The second-order valence-corrected chi connectivity index (χ2v) is 22.1. The van der Waals surface area contributed by atoms with Gasteiger partial charge in [-0.3, -0.25) is 49.2 Å². The molecule has 0 aromatic heterocycles. The average Bonchev–Trinajstić information content (AvgIpc) is 3.38. The highest BCUT2D eigenvalue weighted by molar-refractivity contribution is 5.87. The number of ether oxygens (including phenoxy) is 5. The van der Waals surface area contributed by atoms with Crippen molar-refractivity contribution >= 4 is 47.2 Å². The summed E-state index contributed by atoms with van der Waals surface area (Å²) in [5, 5.41) is 89.3. The van der Waals surface area contributed by atoms with Gasteiger partial charge in [-0.25, -0.2) is 20.0 Å². The van der Waals surface area contributed by atoms with Gasteiger partial charge in [0, 0.05) is 84.2 Å². The quantitative estimate of drug-likeness (QED) is 0.0102. The molecule has 6 unspecified atom stereocenters. The molecule has 2 heterocycles. The lowest BCUT2D eigenvalue weighted by atomic mass is 9.79. The summed E-state index contributed by atoms with van der Waals surface area (Å²) in [4.78, 5) is 99.0. The molecule has 11 N–H and O–H groups in total. The molecule has 0 saturated carbocycles. The Bertz CT molecular complexity index is 2030. The van der Waals surface area contributed by atoms with Crippen molar-refractivity contribution in [1.82, 2.24) is 36.5 Å². The minimum Gasteiger partial charge on any atom is -0.462 e. The number of ketones is 1. The second kappa shape index (κ2) is 34.6. The Hall–Kier alpha value is -4.78. The molecule has 27 heteroatoms. The Morgan fingerprint density at radius 2 is 1.20 bits per heavy atom. The zero-order valence-corrected chi connectivity index (χ0v) is 48.2. The minimum atomic E-state index is -2.63. The SMILES string of the molecule is C=C(C)C(=O)OCCC1O[C@@H](O[C@@H]2C(C(=O)CNCCCCCN(O)C(=O)CCC(=O)NCCCCCN(O)C(=O)CCC(=O)NCCCCN(O)C(C)=O)O[C@@H](C(C)(C)C)C(O)C2O)C(NC(C)=O)C(O)(OC(C)(C)CC)[C@@H]1O. The minimum absolute atomic E-state index is 0.0220. The Kier molecular flexibility index (Phi) is 30.9. The van der Waals surface area contributed by atoms with Crippen molar-refractivity contribution in [2.24, 2.45) is 5.41 Å². The van der Waals surface area contributed by atoms with Crippen LogP contribution in [-0.4, -0.2) is 217 Å². The van der Waals surface area contributed by atoms with Crippen LogP contribution in [0.3, 0.4) is 0 Å². The smallest absolute Gasteiger partial charge is 0.333 e. The van der Waals surface area contributed by atoms with Crippen molar-refractivity contribution in [3.05, 3.63) is 12.2 Å². The molecule has 0 aliphatic carbocycles. The predicted molar refractivity (Wildman–Crippen MR) is 284 cm³/mol. The van der Waals surface area contributed by atoms with Crippen LogP contribution in [0.15, 0.2) is 12.2 Å². The van der Waals surface area contributed by atoms with E-state index < -0.39 is 113 Å². The van der Waals surface area contributed by atoms with Crippen molar-refractivity contribution in [2.75, 3.05) is 52.4 Å². The summed E-state index contributed by atoms with van der Waals surface area (Å²) >= 11 is 0. The Morgan fingerprint density at radius 3 is 1.70 bits per heavy atom. The zero-order chi connectivity index (χ0) is 60.5. The third-order valence-electron chi connectivity index (χ3n) is 13.6. The zero-order valence-electron chi connectivity index (χ0n) is 48.2. The van der Waals surface area contributed by atoms with Crippen LogP contribution in [0.25, 0.3) is 0 Å². The summed E-state index contributed by atoms with van der Waals surface area (Å²) in [6, 6.07) is -1.70. The van der Waals surface area contributed by atoms with E-state index in [9.17, 15) is 74.4 Å². The van der Waals surface area contributed by atoms with E-state index in [1.54, 1.807) is 41.5 Å². The number of nitrogens with zero attached hydrogens (tertiary/aromatic N) is 3. The summed E-state index contributed by atoms with van der Waals surface area (Å²) in [5.74, 6) is -7.18. The largest absolute Gasteiger partial charge is 0.462 e. The second-order valence-electron chi connectivity index (χ2n) is 22.1. The standard InChI is InChI=1S/C53H93N7O20/c1-11-52(9,10)80-53(72)46(57-34(4)61)50(77-37(47(53)70)24-31-76-49(71)33(2)3)79-45-42(68)43(69)48(51(6,7)8)78-44(45)36(63)32-54-25-14-12-17-29-59(74)40(66)22-20-38(64)55-26-15-13-18-30-60(75)41(67)23-21-39(65)56-27-16-19-28-58(73)35(5)62/h37,42-48,50,54,68-70,72-75H,2,11-32H2,1,3-10H3,(H,55,64)(H,56,65)(H,57,61)/t37?,42?,43?,44?,45-,46?,47+,48+,50-,53?/m0/s1. The highest BCUT2D eigenvalue weighted by Gasteiger charge is 2.61. The van der Waals surface area contributed by atoms with Gasteiger partial charge in [-0.2, -0.15) is 0 Å². The number of unbranched alkanes of at least 4 members (excludes halogenated alkanes) is 5. The van der Waals surface area contributed by atoms with Crippen LogP contribution in [0.1, 0.15) is 152 Å². The number of rotatable bonds is 36. The number of carbonyl (C=O) groups is 8. The number of Topliss-reactive ketones (excluding diaryl/α,β-unsaturated/α-hetero) is 1. The maximum atomic E-state index is 14.1. The Balaban J connectivity index is 1.88. The molecule has 2 aliphatic heterocycles. The molecule has 460 valence electrons. The highest BCUT2D eigenvalue weighted by Crippen LogP contribution is 2.40. The Labute approximate surface area is 469 Å². The molecule has 0 radical (unpaired) electrons. The number of hydrogen-bond acceptors (Lipinski definition) is 21. The van der Waals surface area contributed by atoms with Gasteiger partial charge in [0.1, 0.15) is 36.6 Å². The molecule has 2 saturated heterocycles. The number of carbonyl (C=O) groups excluding carboxylic acids is 8. The molecule has 0 spiro atoms. The fourth-order valence-corrected chi connectivity index (χ4v) is 8.57. The number of amides is 6. The normalized spacial score (nSPS) is 24.0. The molecule has 10 atom stereocenters. The number of esters is 1. The van der Waals surface area contributed by atoms with E-state index in [1.165, 1.54) is 13.8 Å². The van der Waals surface area contributed by atoms with Gasteiger partial charge >= 0.3 is 5.97 Å². The lowest BCUT2D eigenvalue weighted by molar-refractivity contribution is -0.399. The van der Waals surface area contributed by atoms with E-state index in [0.29, 0.717) is 79.5 Å². The third-order valence-corrected chi connectivity index (χ3v) is 13.6. The fraction of sp³-hybridized carbons (Fsp3) is 0.811. The predicted octanol–water partition coefficient (Wildman–Crippen LogP) is 0.646. The molecule has 2 fully saturated rings. The maximum Gasteiger partial charge on any atom is 0.333 e. The van der Waals surface area contributed by atoms with Crippen LogP contribution >= 0.6 is 0 Å². The molecule has 2 rings (SSSR count). The number of hydroxylamine groups is 6. The summed E-state index contributed by atoms with van der Waals surface area (Å²) in [5.41, 5.74) is -1.81. The summed E-state index contributed by atoms with van der Waals surface area (Å²) in [6.45, 7) is 18.0. The van der Waals surface area contributed by atoms with E-state index >= 15 is 0 Å². The molecule has 2 aliphatic rings. The van der Waals surface area contributed by atoms with Crippen LogP contribution in [0.4, 0.5) is 0 Å². The molecule has 0 aromatic rings. The topological polar surface area (TPSA) is 382 Å². The number of hydrogen-bond donors (Lipinski definition) is 11. The molecule has 0 aromatic carbocycles. The van der Waals surface area contributed by atoms with Crippen molar-refractivity contribution in [1.29, 1.82) is 0 Å².